The Kier molecular flexibility index (Phi) is 5.50. The highest BCUT2D eigenvalue weighted by molar-refractivity contribution is 5.98. The quantitative estimate of drug-likeness (QED) is 0.227. The van der Waals surface area contributed by atoms with Gasteiger partial charge in [-0.1, -0.05) is 17.3 Å². The smallest absolute Gasteiger partial charge is 0.227 e. The molecule has 0 unspecified atom stereocenters. The van der Waals surface area contributed by atoms with Gasteiger partial charge in [-0.3, -0.25) is 4.79 Å². The maximum absolute atomic E-state index is 11.2. The Morgan fingerprint density at radius 3 is 3.00 bits per heavy atom. The summed E-state index contributed by atoms with van der Waals surface area (Å²) in [6, 6.07) is 7.65. The molecule has 0 bridgehead atoms. The Morgan fingerprint density at radius 2 is 2.33 bits per heavy atom. The maximum Gasteiger partial charge on any atom is 0.227 e. The minimum Gasteiger partial charge on any atom is -0.492 e. The van der Waals surface area contributed by atoms with Crippen molar-refractivity contribution in [1.82, 2.24) is 5.32 Å². The van der Waals surface area contributed by atoms with Crippen molar-refractivity contribution in [3.05, 3.63) is 29.8 Å². The van der Waals surface area contributed by atoms with Crippen molar-refractivity contribution in [1.29, 1.82) is 0 Å². The Balaban J connectivity index is 2.21. The summed E-state index contributed by atoms with van der Waals surface area (Å²) in [5.74, 6) is 0.339. The van der Waals surface area contributed by atoms with Crippen molar-refractivity contribution in [2.75, 3.05) is 13.2 Å². The van der Waals surface area contributed by atoms with Gasteiger partial charge < -0.3 is 21.0 Å². The number of ether oxygens (including phenoxy) is 1. The first-order valence-electron chi connectivity index (χ1n) is 5.54. The fraction of sp³-hybridized carbons (Fsp3) is 0.333. The summed E-state index contributed by atoms with van der Waals surface area (Å²) in [5, 5.41) is 13.6. The van der Waals surface area contributed by atoms with Crippen LogP contribution in [0, 0.1) is 6.92 Å². The number of oxime groups is 1. The van der Waals surface area contributed by atoms with Crippen molar-refractivity contribution in [2.24, 2.45) is 10.9 Å². The van der Waals surface area contributed by atoms with Crippen LogP contribution in [0.2, 0.25) is 0 Å². The molecule has 18 heavy (non-hydrogen) atoms. The van der Waals surface area contributed by atoms with E-state index in [9.17, 15) is 4.79 Å². The number of hydrogen-bond donors (Lipinski definition) is 3. The maximum atomic E-state index is 11.2. The van der Waals surface area contributed by atoms with Crippen LogP contribution in [0.25, 0.3) is 0 Å². The number of rotatable bonds is 6. The van der Waals surface area contributed by atoms with E-state index in [0.29, 0.717) is 13.2 Å². The summed E-state index contributed by atoms with van der Waals surface area (Å²) in [7, 11) is 0. The van der Waals surface area contributed by atoms with Gasteiger partial charge in [0, 0.05) is 0 Å². The summed E-state index contributed by atoms with van der Waals surface area (Å²) in [4.78, 5) is 11.2. The molecule has 0 spiro atoms. The molecular formula is C12H17N3O3. The molecule has 0 aliphatic carbocycles. The summed E-state index contributed by atoms with van der Waals surface area (Å²) < 4.78 is 5.44. The van der Waals surface area contributed by atoms with Gasteiger partial charge in [-0.05, 0) is 24.6 Å². The number of amidine groups is 1. The Labute approximate surface area is 105 Å². The Hall–Kier alpha value is -2.24. The van der Waals surface area contributed by atoms with Crippen molar-refractivity contribution in [3.8, 4) is 5.75 Å². The summed E-state index contributed by atoms with van der Waals surface area (Å²) in [6.07, 6.45) is -0.124. The highest BCUT2D eigenvalue weighted by Crippen LogP contribution is 2.11. The molecule has 1 aromatic rings. The molecule has 1 aromatic carbocycles. The topological polar surface area (TPSA) is 96.9 Å². The van der Waals surface area contributed by atoms with Crippen LogP contribution < -0.4 is 15.8 Å². The fourth-order valence-electron chi connectivity index (χ4n) is 1.33. The second kappa shape index (κ2) is 7.16. The first kappa shape index (κ1) is 13.8. The number of nitrogens with two attached hydrogens (primary N) is 1. The minimum absolute atomic E-state index is 0.118. The van der Waals surface area contributed by atoms with Crippen LogP contribution in [0.15, 0.2) is 29.4 Å². The molecule has 0 saturated heterocycles. The van der Waals surface area contributed by atoms with Gasteiger partial charge in [0.15, 0.2) is 0 Å². The fourth-order valence-corrected chi connectivity index (χ4v) is 1.33. The predicted molar refractivity (Wildman–Crippen MR) is 67.7 cm³/mol. The molecule has 0 radical (unpaired) electrons. The molecule has 0 aliphatic heterocycles. The number of nitrogens with one attached hydrogen (secondary N) is 1. The summed E-state index contributed by atoms with van der Waals surface area (Å²) >= 11 is 0. The van der Waals surface area contributed by atoms with Crippen molar-refractivity contribution < 1.29 is 14.7 Å². The van der Waals surface area contributed by atoms with E-state index in [1.165, 1.54) is 0 Å². The molecule has 1 amide bonds. The molecule has 6 heteroatoms. The number of benzene rings is 1. The third-order valence-corrected chi connectivity index (χ3v) is 2.15. The largest absolute Gasteiger partial charge is 0.492 e. The lowest BCUT2D eigenvalue weighted by Crippen LogP contribution is -2.31. The van der Waals surface area contributed by atoms with Crippen LogP contribution in [0.5, 0.6) is 5.75 Å². The number of aryl methyl sites for hydroxylation is 1. The van der Waals surface area contributed by atoms with Crippen LogP contribution in [0.4, 0.5) is 0 Å². The Bertz CT molecular complexity index is 432. The van der Waals surface area contributed by atoms with E-state index in [-0.39, 0.29) is 18.2 Å². The van der Waals surface area contributed by atoms with E-state index >= 15 is 0 Å². The van der Waals surface area contributed by atoms with Crippen molar-refractivity contribution in [2.45, 2.75) is 13.3 Å². The average molecular weight is 251 g/mol. The summed E-state index contributed by atoms with van der Waals surface area (Å²) in [5.41, 5.74) is 6.31. The lowest BCUT2D eigenvalue weighted by Gasteiger charge is -2.07. The first-order valence-corrected chi connectivity index (χ1v) is 5.54. The highest BCUT2D eigenvalue weighted by Gasteiger charge is 2.03. The zero-order valence-electron chi connectivity index (χ0n) is 10.2. The van der Waals surface area contributed by atoms with E-state index in [0.717, 1.165) is 11.3 Å². The van der Waals surface area contributed by atoms with Gasteiger partial charge in [0.1, 0.15) is 18.2 Å². The number of hydrogen-bond acceptors (Lipinski definition) is 4. The lowest BCUT2D eigenvalue weighted by atomic mass is 10.2. The van der Waals surface area contributed by atoms with E-state index in [1.54, 1.807) is 0 Å². The number of carbonyl (C=O) groups is 1. The van der Waals surface area contributed by atoms with Crippen LogP contribution in [-0.4, -0.2) is 30.1 Å². The minimum atomic E-state index is -0.307. The molecule has 0 fully saturated rings. The predicted octanol–water partition coefficient (Wildman–Crippen LogP) is 0.627. The second-order valence-corrected chi connectivity index (χ2v) is 3.78. The highest BCUT2D eigenvalue weighted by atomic mass is 16.5. The van der Waals surface area contributed by atoms with Gasteiger partial charge in [0.2, 0.25) is 5.91 Å². The van der Waals surface area contributed by atoms with E-state index in [1.807, 2.05) is 31.2 Å². The molecular weight excluding hydrogens is 234 g/mol. The zero-order chi connectivity index (χ0) is 13.4. The standard InChI is InChI=1S/C12H17N3O3/c1-9-3-2-4-10(7-9)18-6-5-14-12(16)8-11(13)15-17/h2-4,7,17H,5-6,8H2,1H3,(H2,13,15)(H,14,16). The molecule has 0 aliphatic rings. The molecule has 0 aromatic heterocycles. The molecule has 0 atom stereocenters. The van der Waals surface area contributed by atoms with Gasteiger partial charge >= 0.3 is 0 Å². The molecule has 1 rings (SSSR count). The van der Waals surface area contributed by atoms with Gasteiger partial charge in [-0.2, -0.15) is 0 Å². The van der Waals surface area contributed by atoms with Gasteiger partial charge in [-0.15, -0.1) is 0 Å². The SMILES string of the molecule is Cc1cccc(OCCNC(=O)CC(N)=NO)c1. The molecule has 0 saturated carbocycles. The van der Waals surface area contributed by atoms with Crippen LogP contribution in [0.1, 0.15) is 12.0 Å². The normalized spacial score (nSPS) is 11.1. The molecule has 98 valence electrons. The zero-order valence-corrected chi connectivity index (χ0v) is 10.2. The molecule has 6 nitrogen and oxygen atoms in total. The Morgan fingerprint density at radius 1 is 1.56 bits per heavy atom. The lowest BCUT2D eigenvalue weighted by molar-refractivity contribution is -0.120. The number of nitrogens with zero attached hydrogens (tertiary/aromatic N) is 1. The first-order chi connectivity index (χ1) is 8.61. The number of amides is 1. The van der Waals surface area contributed by atoms with Crippen LogP contribution >= 0.6 is 0 Å². The third-order valence-electron chi connectivity index (χ3n) is 2.15. The van der Waals surface area contributed by atoms with Crippen molar-refractivity contribution >= 4 is 11.7 Å². The van der Waals surface area contributed by atoms with E-state index in [4.69, 9.17) is 15.7 Å². The van der Waals surface area contributed by atoms with Gasteiger partial charge in [0.05, 0.1) is 13.0 Å². The third kappa shape index (κ3) is 5.20. The van der Waals surface area contributed by atoms with Crippen LogP contribution in [-0.2, 0) is 4.79 Å². The molecule has 0 heterocycles. The van der Waals surface area contributed by atoms with E-state index in [2.05, 4.69) is 10.5 Å². The molecule has 4 N–H and O–H groups in total. The van der Waals surface area contributed by atoms with Crippen LogP contribution in [0.3, 0.4) is 0 Å². The van der Waals surface area contributed by atoms with Gasteiger partial charge in [-0.25, -0.2) is 0 Å². The average Bonchev–Trinajstić information content (AvgIpc) is 2.34. The van der Waals surface area contributed by atoms with Crippen molar-refractivity contribution in [3.63, 3.8) is 0 Å². The summed E-state index contributed by atoms with van der Waals surface area (Å²) in [6.45, 7) is 2.71. The monoisotopic (exact) mass is 251 g/mol. The second-order valence-electron chi connectivity index (χ2n) is 3.78. The van der Waals surface area contributed by atoms with E-state index < -0.39 is 0 Å². The number of carbonyl (C=O) groups excluding carboxylic acids is 1. The van der Waals surface area contributed by atoms with Gasteiger partial charge in [0.25, 0.3) is 0 Å².